The van der Waals surface area contributed by atoms with Crippen molar-refractivity contribution in [1.82, 2.24) is 4.98 Å². The van der Waals surface area contributed by atoms with Gasteiger partial charge < -0.3 is 14.8 Å². The van der Waals surface area contributed by atoms with Crippen LogP contribution in [0.25, 0.3) is 0 Å². The SMILES string of the molecule is COc1cc(C)c(CC(=O)Nc2cccnc2)cc1OC. The molecule has 1 N–H and O–H groups in total. The molecule has 21 heavy (non-hydrogen) atoms. The Morgan fingerprint density at radius 1 is 1.24 bits per heavy atom. The lowest BCUT2D eigenvalue weighted by Gasteiger charge is -2.12. The highest BCUT2D eigenvalue weighted by Gasteiger charge is 2.12. The zero-order valence-electron chi connectivity index (χ0n) is 12.3. The minimum absolute atomic E-state index is 0.0988. The van der Waals surface area contributed by atoms with Crippen LogP contribution >= 0.6 is 0 Å². The molecular formula is C16H18N2O3. The molecular weight excluding hydrogens is 268 g/mol. The molecule has 0 saturated carbocycles. The van der Waals surface area contributed by atoms with Crippen LogP contribution in [0.15, 0.2) is 36.7 Å². The zero-order chi connectivity index (χ0) is 15.2. The monoisotopic (exact) mass is 286 g/mol. The lowest BCUT2D eigenvalue weighted by Crippen LogP contribution is -2.15. The molecule has 0 bridgehead atoms. The van der Waals surface area contributed by atoms with E-state index >= 15 is 0 Å². The first kappa shape index (κ1) is 14.8. The van der Waals surface area contributed by atoms with E-state index in [1.54, 1.807) is 38.7 Å². The van der Waals surface area contributed by atoms with Gasteiger partial charge in [0.15, 0.2) is 11.5 Å². The molecule has 110 valence electrons. The van der Waals surface area contributed by atoms with Gasteiger partial charge >= 0.3 is 0 Å². The molecule has 5 nitrogen and oxygen atoms in total. The number of carbonyl (C=O) groups excluding carboxylic acids is 1. The molecule has 1 amide bonds. The predicted octanol–water partition coefficient (Wildman–Crippen LogP) is 2.59. The Hall–Kier alpha value is -2.56. The molecule has 2 rings (SSSR count). The first-order chi connectivity index (χ1) is 10.1. The molecule has 2 aromatic rings. The highest BCUT2D eigenvalue weighted by atomic mass is 16.5. The van der Waals surface area contributed by atoms with Gasteiger partial charge in [0.2, 0.25) is 5.91 Å². The second-order valence-corrected chi connectivity index (χ2v) is 4.60. The van der Waals surface area contributed by atoms with Gasteiger partial charge in [-0.05, 0) is 42.3 Å². The van der Waals surface area contributed by atoms with Crippen molar-refractivity contribution < 1.29 is 14.3 Å². The van der Waals surface area contributed by atoms with Gasteiger partial charge in [0.1, 0.15) is 0 Å². The third-order valence-corrected chi connectivity index (χ3v) is 3.14. The Labute approximate surface area is 123 Å². The van der Waals surface area contributed by atoms with Crippen LogP contribution in [0.4, 0.5) is 5.69 Å². The van der Waals surface area contributed by atoms with Gasteiger partial charge in [-0.1, -0.05) is 0 Å². The van der Waals surface area contributed by atoms with Crippen LogP contribution in [-0.2, 0) is 11.2 Å². The Morgan fingerprint density at radius 3 is 2.57 bits per heavy atom. The van der Waals surface area contributed by atoms with Crippen LogP contribution in [-0.4, -0.2) is 25.1 Å². The molecule has 0 radical (unpaired) electrons. The number of nitrogens with zero attached hydrogens (tertiary/aromatic N) is 1. The number of hydrogen-bond acceptors (Lipinski definition) is 4. The van der Waals surface area contributed by atoms with E-state index in [1.807, 2.05) is 19.1 Å². The van der Waals surface area contributed by atoms with Gasteiger partial charge in [0, 0.05) is 6.20 Å². The van der Waals surface area contributed by atoms with Crippen LogP contribution < -0.4 is 14.8 Å². The number of hydrogen-bond donors (Lipinski definition) is 1. The van der Waals surface area contributed by atoms with Gasteiger partial charge in [0.25, 0.3) is 0 Å². The van der Waals surface area contributed by atoms with Gasteiger partial charge in [-0.15, -0.1) is 0 Å². The summed E-state index contributed by atoms with van der Waals surface area (Å²) in [4.78, 5) is 16.0. The van der Waals surface area contributed by atoms with Crippen LogP contribution in [0.5, 0.6) is 11.5 Å². The van der Waals surface area contributed by atoms with E-state index in [2.05, 4.69) is 10.3 Å². The second kappa shape index (κ2) is 6.74. The third kappa shape index (κ3) is 3.72. The molecule has 0 spiro atoms. The van der Waals surface area contributed by atoms with Crippen molar-refractivity contribution in [2.45, 2.75) is 13.3 Å². The highest BCUT2D eigenvalue weighted by molar-refractivity contribution is 5.92. The summed E-state index contributed by atoms with van der Waals surface area (Å²) in [6.45, 7) is 1.94. The fraction of sp³-hybridized carbons (Fsp3) is 0.250. The molecule has 1 aromatic carbocycles. The van der Waals surface area contributed by atoms with E-state index in [4.69, 9.17) is 9.47 Å². The topological polar surface area (TPSA) is 60.5 Å². The van der Waals surface area contributed by atoms with Crippen molar-refractivity contribution in [3.05, 3.63) is 47.8 Å². The molecule has 0 aliphatic carbocycles. The molecule has 0 saturated heterocycles. The molecule has 0 fully saturated rings. The number of aryl methyl sites for hydroxylation is 1. The maximum atomic E-state index is 12.1. The smallest absolute Gasteiger partial charge is 0.228 e. The number of rotatable bonds is 5. The summed E-state index contributed by atoms with van der Waals surface area (Å²) in [5, 5.41) is 2.81. The summed E-state index contributed by atoms with van der Waals surface area (Å²) < 4.78 is 10.5. The highest BCUT2D eigenvalue weighted by Crippen LogP contribution is 2.30. The van der Waals surface area contributed by atoms with Crippen molar-refractivity contribution in [3.63, 3.8) is 0 Å². The average molecular weight is 286 g/mol. The summed E-state index contributed by atoms with van der Waals surface area (Å²) in [6, 6.07) is 7.27. The number of anilines is 1. The number of benzene rings is 1. The van der Waals surface area contributed by atoms with E-state index in [1.165, 1.54) is 0 Å². The molecule has 0 unspecified atom stereocenters. The van der Waals surface area contributed by atoms with Crippen molar-refractivity contribution in [2.24, 2.45) is 0 Å². The largest absolute Gasteiger partial charge is 0.493 e. The number of methoxy groups -OCH3 is 2. The second-order valence-electron chi connectivity index (χ2n) is 4.60. The molecule has 0 aliphatic heterocycles. The predicted molar refractivity (Wildman–Crippen MR) is 80.9 cm³/mol. The Balaban J connectivity index is 2.14. The maximum absolute atomic E-state index is 12.1. The summed E-state index contributed by atoms with van der Waals surface area (Å²) in [5.74, 6) is 1.18. The number of nitrogens with one attached hydrogen (secondary N) is 1. The van der Waals surface area contributed by atoms with Crippen LogP contribution in [0, 0.1) is 6.92 Å². The molecule has 1 aromatic heterocycles. The normalized spacial score (nSPS) is 10.0. The fourth-order valence-electron chi connectivity index (χ4n) is 2.03. The van der Waals surface area contributed by atoms with Crippen molar-refractivity contribution in [3.8, 4) is 11.5 Å². The first-order valence-electron chi connectivity index (χ1n) is 6.55. The molecule has 0 atom stereocenters. The summed E-state index contributed by atoms with van der Waals surface area (Å²) >= 11 is 0. The maximum Gasteiger partial charge on any atom is 0.228 e. The lowest BCUT2D eigenvalue weighted by molar-refractivity contribution is -0.115. The Morgan fingerprint density at radius 2 is 1.95 bits per heavy atom. The quantitative estimate of drug-likeness (QED) is 0.917. The molecule has 1 heterocycles. The van der Waals surface area contributed by atoms with E-state index in [0.29, 0.717) is 17.2 Å². The molecule has 5 heteroatoms. The van der Waals surface area contributed by atoms with Crippen LogP contribution in [0.2, 0.25) is 0 Å². The Kier molecular flexibility index (Phi) is 4.77. The number of amides is 1. The Bertz CT molecular complexity index is 627. The minimum atomic E-state index is -0.0988. The van der Waals surface area contributed by atoms with Gasteiger partial charge in [-0.25, -0.2) is 0 Å². The fourth-order valence-corrected chi connectivity index (χ4v) is 2.03. The van der Waals surface area contributed by atoms with E-state index in [0.717, 1.165) is 11.1 Å². The minimum Gasteiger partial charge on any atom is -0.493 e. The van der Waals surface area contributed by atoms with Crippen molar-refractivity contribution >= 4 is 11.6 Å². The third-order valence-electron chi connectivity index (χ3n) is 3.14. The lowest BCUT2D eigenvalue weighted by atomic mass is 10.0. The van der Waals surface area contributed by atoms with Crippen molar-refractivity contribution in [2.75, 3.05) is 19.5 Å². The van der Waals surface area contributed by atoms with Gasteiger partial charge in [0.05, 0.1) is 32.5 Å². The van der Waals surface area contributed by atoms with Gasteiger partial charge in [-0.2, -0.15) is 0 Å². The summed E-state index contributed by atoms with van der Waals surface area (Å²) in [7, 11) is 3.17. The summed E-state index contributed by atoms with van der Waals surface area (Å²) in [5.41, 5.74) is 2.56. The van der Waals surface area contributed by atoms with E-state index in [-0.39, 0.29) is 12.3 Å². The van der Waals surface area contributed by atoms with Gasteiger partial charge in [-0.3, -0.25) is 9.78 Å². The average Bonchev–Trinajstić information content (AvgIpc) is 2.49. The first-order valence-corrected chi connectivity index (χ1v) is 6.55. The number of aromatic nitrogens is 1. The van der Waals surface area contributed by atoms with E-state index in [9.17, 15) is 4.79 Å². The van der Waals surface area contributed by atoms with Crippen molar-refractivity contribution in [1.29, 1.82) is 0 Å². The van der Waals surface area contributed by atoms with Crippen LogP contribution in [0.1, 0.15) is 11.1 Å². The molecule has 0 aliphatic rings. The zero-order valence-corrected chi connectivity index (χ0v) is 12.3. The number of ether oxygens (including phenoxy) is 2. The summed E-state index contributed by atoms with van der Waals surface area (Å²) in [6.07, 6.45) is 3.54. The number of carbonyl (C=O) groups is 1. The van der Waals surface area contributed by atoms with Crippen LogP contribution in [0.3, 0.4) is 0 Å². The van der Waals surface area contributed by atoms with E-state index < -0.39 is 0 Å². The standard InChI is InChI=1S/C16H18N2O3/c1-11-7-14(20-2)15(21-3)8-12(11)9-16(19)18-13-5-4-6-17-10-13/h4-8,10H,9H2,1-3H3,(H,18,19). The number of pyridine rings is 1.